The number of carboxylic acids is 1. The van der Waals surface area contributed by atoms with Crippen LogP contribution in [0, 0.1) is 0 Å². The lowest BCUT2D eigenvalue weighted by Crippen LogP contribution is -2.43. The van der Waals surface area contributed by atoms with Gasteiger partial charge < -0.3 is 26.2 Å². The number of hydrogen-bond acceptors (Lipinski definition) is 6. The molecule has 0 unspecified atom stereocenters. The number of aliphatic carboxylic acids is 1. The number of ether oxygens (including phenoxy) is 1. The molecule has 2 aromatic carbocycles. The van der Waals surface area contributed by atoms with Crippen LogP contribution in [0.4, 0.5) is 18.9 Å². The molecule has 0 bridgehead atoms. The average Bonchev–Trinajstić information content (AvgIpc) is 2.85. The number of esters is 1. The van der Waals surface area contributed by atoms with Gasteiger partial charge in [-0.3, -0.25) is 9.59 Å². The molecule has 0 aliphatic carbocycles. The van der Waals surface area contributed by atoms with E-state index in [9.17, 15) is 27.6 Å². The lowest BCUT2D eigenvalue weighted by atomic mass is 10.0. The maximum atomic E-state index is 12.3. The van der Waals surface area contributed by atoms with Crippen molar-refractivity contribution >= 4 is 29.4 Å². The van der Waals surface area contributed by atoms with Crippen LogP contribution >= 0.6 is 0 Å². The SMILES string of the molecule is COC(=O)c1cccc(NC(=O)C=C[C@H](CCc2ccccc2)NC(=O)[C@H](C)N)c1.O=C(O)C(F)(F)F. The lowest BCUT2D eigenvalue weighted by molar-refractivity contribution is -0.192. The van der Waals surface area contributed by atoms with Crippen molar-refractivity contribution < 1.29 is 42.2 Å². The molecule has 5 N–H and O–H groups in total. The van der Waals surface area contributed by atoms with Crippen LogP contribution in [0.2, 0.25) is 0 Å². The first-order chi connectivity index (χ1) is 17.3. The minimum atomic E-state index is -5.08. The van der Waals surface area contributed by atoms with E-state index in [2.05, 4.69) is 15.4 Å². The Kier molecular flexibility index (Phi) is 12.5. The molecule has 0 saturated carbocycles. The first-order valence-corrected chi connectivity index (χ1v) is 10.9. The van der Waals surface area contributed by atoms with Crippen LogP contribution in [-0.2, 0) is 25.5 Å². The number of nitrogens with one attached hydrogen (secondary N) is 2. The predicted octanol–water partition coefficient (Wildman–Crippen LogP) is 3.07. The van der Waals surface area contributed by atoms with Crippen LogP contribution in [0.1, 0.15) is 29.3 Å². The first kappa shape index (κ1) is 30.8. The summed E-state index contributed by atoms with van der Waals surface area (Å²) in [5.41, 5.74) is 7.58. The highest BCUT2D eigenvalue weighted by Gasteiger charge is 2.38. The third-order valence-electron chi connectivity index (χ3n) is 4.60. The van der Waals surface area contributed by atoms with E-state index in [0.717, 1.165) is 12.0 Å². The van der Waals surface area contributed by atoms with Crippen molar-refractivity contribution in [2.45, 2.75) is 38.0 Å². The van der Waals surface area contributed by atoms with Gasteiger partial charge in [0.1, 0.15) is 0 Å². The highest BCUT2D eigenvalue weighted by atomic mass is 19.4. The molecule has 9 nitrogen and oxygen atoms in total. The number of rotatable bonds is 9. The third kappa shape index (κ3) is 12.4. The molecule has 0 aliphatic rings. The van der Waals surface area contributed by atoms with E-state index in [-0.39, 0.29) is 17.9 Å². The second-order valence-electron chi connectivity index (χ2n) is 7.65. The van der Waals surface area contributed by atoms with Crippen LogP contribution in [0.5, 0.6) is 0 Å². The Morgan fingerprint density at radius 1 is 1.08 bits per heavy atom. The molecule has 200 valence electrons. The molecule has 2 rings (SSSR count). The Morgan fingerprint density at radius 3 is 2.24 bits per heavy atom. The smallest absolute Gasteiger partial charge is 0.475 e. The summed E-state index contributed by atoms with van der Waals surface area (Å²) < 4.78 is 36.4. The molecule has 0 heterocycles. The van der Waals surface area contributed by atoms with Crippen LogP contribution < -0.4 is 16.4 Å². The standard InChI is InChI=1S/C23H27N3O4.C2HF3O2/c1-16(24)22(28)26-19(12-11-17-7-4-3-5-8-17)13-14-21(27)25-20-10-6-9-18(15-20)23(29)30-2;3-2(4,5)1(6)7/h3-10,13-16,19H,11-12,24H2,1-2H3,(H,25,27)(H,26,28);(H,6,7)/t16-,19-;/m0./s1. The van der Waals surface area contributed by atoms with E-state index in [1.807, 2.05) is 30.3 Å². The summed E-state index contributed by atoms with van der Waals surface area (Å²) in [4.78, 5) is 44.8. The largest absolute Gasteiger partial charge is 0.490 e. The zero-order valence-corrected chi connectivity index (χ0v) is 20.1. The number of nitrogens with two attached hydrogens (primary N) is 1. The second-order valence-corrected chi connectivity index (χ2v) is 7.65. The molecule has 12 heteroatoms. The van der Waals surface area contributed by atoms with Gasteiger partial charge in [-0.25, -0.2) is 9.59 Å². The fraction of sp³-hybridized carbons (Fsp3) is 0.280. The number of methoxy groups -OCH3 is 1. The average molecular weight is 524 g/mol. The molecule has 0 aliphatic heterocycles. The summed E-state index contributed by atoms with van der Waals surface area (Å²) >= 11 is 0. The summed E-state index contributed by atoms with van der Waals surface area (Å²) in [7, 11) is 1.29. The van der Waals surface area contributed by atoms with Gasteiger partial charge in [-0.2, -0.15) is 13.2 Å². The van der Waals surface area contributed by atoms with Crippen LogP contribution in [-0.4, -0.2) is 54.2 Å². The minimum absolute atomic E-state index is 0.288. The molecule has 0 spiro atoms. The van der Waals surface area contributed by atoms with Gasteiger partial charge in [-0.15, -0.1) is 0 Å². The third-order valence-corrected chi connectivity index (χ3v) is 4.60. The molecule has 2 aromatic rings. The van der Waals surface area contributed by atoms with Crippen molar-refractivity contribution in [1.29, 1.82) is 0 Å². The number of halogens is 3. The Hall–Kier alpha value is -4.19. The lowest BCUT2D eigenvalue weighted by Gasteiger charge is -2.17. The fourth-order valence-corrected chi connectivity index (χ4v) is 2.73. The van der Waals surface area contributed by atoms with Crippen LogP contribution in [0.3, 0.4) is 0 Å². The zero-order chi connectivity index (χ0) is 28.0. The first-order valence-electron chi connectivity index (χ1n) is 10.9. The monoisotopic (exact) mass is 523 g/mol. The van der Waals surface area contributed by atoms with E-state index in [0.29, 0.717) is 17.7 Å². The van der Waals surface area contributed by atoms with Gasteiger partial charge in [-0.05, 0) is 43.5 Å². The summed E-state index contributed by atoms with van der Waals surface area (Å²) in [5.74, 6) is -3.91. The molecule has 2 amide bonds. The Morgan fingerprint density at radius 2 is 1.70 bits per heavy atom. The summed E-state index contributed by atoms with van der Waals surface area (Å²) in [6, 6.07) is 15.3. The number of carbonyl (C=O) groups excluding carboxylic acids is 3. The number of hydrogen-bond donors (Lipinski definition) is 4. The summed E-state index contributed by atoms with van der Waals surface area (Å²) in [5, 5.41) is 12.7. The number of alkyl halides is 3. The van der Waals surface area contributed by atoms with Crippen molar-refractivity contribution in [2.75, 3.05) is 12.4 Å². The molecule has 37 heavy (non-hydrogen) atoms. The number of carbonyl (C=O) groups is 4. The normalized spacial score (nSPS) is 12.5. The number of carboxylic acid groups (broad SMARTS) is 1. The van der Waals surface area contributed by atoms with E-state index in [4.69, 9.17) is 15.6 Å². The van der Waals surface area contributed by atoms with Gasteiger partial charge in [0.25, 0.3) is 0 Å². The number of amides is 2. The number of aryl methyl sites for hydroxylation is 1. The molecule has 0 aromatic heterocycles. The van der Waals surface area contributed by atoms with Gasteiger partial charge >= 0.3 is 18.1 Å². The van der Waals surface area contributed by atoms with Gasteiger partial charge in [0, 0.05) is 17.8 Å². The Balaban J connectivity index is 0.000000856. The van der Waals surface area contributed by atoms with Crippen molar-refractivity contribution in [3.8, 4) is 0 Å². The van der Waals surface area contributed by atoms with Gasteiger partial charge in [-0.1, -0.05) is 42.5 Å². The van der Waals surface area contributed by atoms with Crippen molar-refractivity contribution in [1.82, 2.24) is 5.32 Å². The van der Waals surface area contributed by atoms with Crippen molar-refractivity contribution in [2.24, 2.45) is 5.73 Å². The quantitative estimate of drug-likeness (QED) is 0.292. The van der Waals surface area contributed by atoms with E-state index >= 15 is 0 Å². The van der Waals surface area contributed by atoms with Crippen LogP contribution in [0.25, 0.3) is 0 Å². The van der Waals surface area contributed by atoms with Crippen molar-refractivity contribution in [3.05, 3.63) is 77.9 Å². The van der Waals surface area contributed by atoms with Gasteiger partial charge in [0.15, 0.2) is 0 Å². The highest BCUT2D eigenvalue weighted by Crippen LogP contribution is 2.13. The zero-order valence-electron chi connectivity index (χ0n) is 20.1. The summed E-state index contributed by atoms with van der Waals surface area (Å²) in [6.07, 6.45) is -0.730. The minimum Gasteiger partial charge on any atom is -0.475 e. The van der Waals surface area contributed by atoms with Crippen molar-refractivity contribution in [3.63, 3.8) is 0 Å². The molecular formula is C25H28F3N3O6. The van der Waals surface area contributed by atoms with E-state index < -0.39 is 24.2 Å². The van der Waals surface area contributed by atoms with Crippen LogP contribution in [0.15, 0.2) is 66.7 Å². The number of benzene rings is 2. The Bertz CT molecular complexity index is 1090. The maximum Gasteiger partial charge on any atom is 0.490 e. The highest BCUT2D eigenvalue weighted by molar-refractivity contribution is 6.00. The van der Waals surface area contributed by atoms with E-state index in [1.165, 1.54) is 19.3 Å². The molecule has 2 atom stereocenters. The number of anilines is 1. The Labute approximate surface area is 211 Å². The molecule has 0 radical (unpaired) electrons. The molecular weight excluding hydrogens is 495 g/mol. The second kappa shape index (κ2) is 15.0. The molecule has 0 fully saturated rings. The fourth-order valence-electron chi connectivity index (χ4n) is 2.73. The van der Waals surface area contributed by atoms with Gasteiger partial charge in [0.05, 0.1) is 18.7 Å². The molecule has 0 saturated heterocycles. The van der Waals surface area contributed by atoms with E-state index in [1.54, 1.807) is 31.2 Å². The van der Waals surface area contributed by atoms with Gasteiger partial charge in [0.2, 0.25) is 11.8 Å². The maximum absolute atomic E-state index is 12.3. The summed E-state index contributed by atoms with van der Waals surface area (Å²) in [6.45, 7) is 1.61. The topological polar surface area (TPSA) is 148 Å². The predicted molar refractivity (Wildman–Crippen MR) is 130 cm³/mol.